The minimum Gasteiger partial charge on any atom is -0.403 e. The Kier molecular flexibility index (Phi) is 6.72. The molecule has 0 N–H and O–H groups in total. The fourth-order valence-corrected chi connectivity index (χ4v) is 6.91. The Labute approximate surface area is 97.2 Å². The van der Waals surface area contributed by atoms with Gasteiger partial charge >= 0.3 is 0 Å². The van der Waals surface area contributed by atoms with Crippen LogP contribution in [-0.4, -0.2) is 31.7 Å². The SMILES string of the molecule is CCO[Si](CC)(CC)N(C(C)C)C(C)C. The monoisotopic (exact) mass is 231 g/mol. The summed E-state index contributed by atoms with van der Waals surface area (Å²) in [7, 11) is -1.67. The summed E-state index contributed by atoms with van der Waals surface area (Å²) in [4.78, 5) is 0. The van der Waals surface area contributed by atoms with Gasteiger partial charge in [0.05, 0.1) is 0 Å². The molecule has 0 aromatic rings. The van der Waals surface area contributed by atoms with Crippen molar-refractivity contribution in [1.82, 2.24) is 4.57 Å². The molecule has 0 aliphatic carbocycles. The van der Waals surface area contributed by atoms with Crippen molar-refractivity contribution in [2.45, 2.75) is 72.6 Å². The molecule has 0 spiro atoms. The molecule has 0 rings (SSSR count). The van der Waals surface area contributed by atoms with E-state index < -0.39 is 8.48 Å². The normalized spacial score (nSPS) is 13.2. The van der Waals surface area contributed by atoms with Crippen LogP contribution in [0.25, 0.3) is 0 Å². The molecule has 3 heteroatoms. The van der Waals surface area contributed by atoms with E-state index in [0.29, 0.717) is 12.1 Å². The van der Waals surface area contributed by atoms with Crippen LogP contribution in [0.3, 0.4) is 0 Å². The highest BCUT2D eigenvalue weighted by Crippen LogP contribution is 2.26. The number of hydrogen-bond donors (Lipinski definition) is 0. The molecule has 0 aliphatic heterocycles. The summed E-state index contributed by atoms with van der Waals surface area (Å²) in [6.45, 7) is 16.7. The van der Waals surface area contributed by atoms with Crippen LogP contribution in [-0.2, 0) is 4.43 Å². The summed E-state index contributed by atoms with van der Waals surface area (Å²) in [5.74, 6) is 0. The van der Waals surface area contributed by atoms with Crippen molar-refractivity contribution in [2.75, 3.05) is 6.61 Å². The Morgan fingerprint density at radius 2 is 1.33 bits per heavy atom. The average molecular weight is 231 g/mol. The molecule has 0 radical (unpaired) electrons. The lowest BCUT2D eigenvalue weighted by atomic mass is 10.3. The predicted molar refractivity (Wildman–Crippen MR) is 70.5 cm³/mol. The standard InChI is InChI=1S/C12H29NOSi/c1-8-14-15(9-2,10-3)13(11(4)5)12(6)7/h11-12H,8-10H2,1-7H3. The van der Waals surface area contributed by atoms with Gasteiger partial charge in [0.25, 0.3) is 8.48 Å². The zero-order valence-corrected chi connectivity index (χ0v) is 12.6. The highest BCUT2D eigenvalue weighted by atomic mass is 28.4. The van der Waals surface area contributed by atoms with Crippen LogP contribution in [0.1, 0.15) is 48.5 Å². The van der Waals surface area contributed by atoms with Crippen LogP contribution >= 0.6 is 0 Å². The summed E-state index contributed by atoms with van der Waals surface area (Å²) in [5.41, 5.74) is 0. The molecule has 0 heterocycles. The molecular weight excluding hydrogens is 202 g/mol. The Morgan fingerprint density at radius 3 is 1.53 bits per heavy atom. The molecule has 0 bridgehead atoms. The average Bonchev–Trinajstić information content (AvgIpc) is 2.15. The van der Waals surface area contributed by atoms with Gasteiger partial charge in [0.2, 0.25) is 0 Å². The smallest absolute Gasteiger partial charge is 0.271 e. The lowest BCUT2D eigenvalue weighted by Gasteiger charge is -2.45. The minimum absolute atomic E-state index is 0.586. The first-order valence-corrected chi connectivity index (χ1v) is 8.64. The highest BCUT2D eigenvalue weighted by Gasteiger charge is 2.41. The first-order chi connectivity index (χ1) is 6.95. The lowest BCUT2D eigenvalue weighted by molar-refractivity contribution is 0.195. The van der Waals surface area contributed by atoms with Gasteiger partial charge in [-0.25, -0.2) is 0 Å². The third-order valence-electron chi connectivity index (χ3n) is 3.10. The number of hydrogen-bond acceptors (Lipinski definition) is 2. The van der Waals surface area contributed by atoms with E-state index in [-0.39, 0.29) is 0 Å². The van der Waals surface area contributed by atoms with E-state index >= 15 is 0 Å². The van der Waals surface area contributed by atoms with E-state index in [4.69, 9.17) is 4.43 Å². The van der Waals surface area contributed by atoms with E-state index in [1.807, 2.05) is 0 Å². The van der Waals surface area contributed by atoms with E-state index in [9.17, 15) is 0 Å². The maximum absolute atomic E-state index is 6.18. The highest BCUT2D eigenvalue weighted by molar-refractivity contribution is 6.71. The number of rotatable bonds is 7. The molecule has 0 aliphatic rings. The fraction of sp³-hybridized carbons (Fsp3) is 1.00. The molecule has 0 saturated heterocycles. The maximum Gasteiger partial charge on any atom is 0.271 e. The van der Waals surface area contributed by atoms with Crippen molar-refractivity contribution in [3.05, 3.63) is 0 Å². The Bertz CT molecular complexity index is 159. The molecule has 2 nitrogen and oxygen atoms in total. The Balaban J connectivity index is 4.97. The molecule has 0 aromatic heterocycles. The molecule has 0 atom stereocenters. The zero-order valence-electron chi connectivity index (χ0n) is 11.6. The van der Waals surface area contributed by atoms with Crippen LogP contribution in [0, 0.1) is 0 Å². The van der Waals surface area contributed by atoms with Crippen molar-refractivity contribution in [1.29, 1.82) is 0 Å². The van der Waals surface area contributed by atoms with Gasteiger partial charge in [-0.3, -0.25) is 4.57 Å². The van der Waals surface area contributed by atoms with E-state index in [1.54, 1.807) is 0 Å². The maximum atomic E-state index is 6.18. The molecular formula is C12H29NOSi. The summed E-state index contributed by atoms with van der Waals surface area (Å²) in [6, 6.07) is 3.55. The summed E-state index contributed by atoms with van der Waals surface area (Å²) in [6.07, 6.45) is 0. The molecule has 92 valence electrons. The number of nitrogens with zero attached hydrogens (tertiary/aromatic N) is 1. The molecule has 0 unspecified atom stereocenters. The third-order valence-corrected chi connectivity index (χ3v) is 8.11. The topological polar surface area (TPSA) is 12.5 Å². The molecule has 0 amide bonds. The third kappa shape index (κ3) is 3.57. The van der Waals surface area contributed by atoms with Gasteiger partial charge in [-0.1, -0.05) is 41.5 Å². The van der Waals surface area contributed by atoms with Gasteiger partial charge < -0.3 is 4.43 Å². The van der Waals surface area contributed by atoms with Crippen molar-refractivity contribution in [2.24, 2.45) is 0 Å². The predicted octanol–water partition coefficient (Wildman–Crippen LogP) is 3.62. The Morgan fingerprint density at radius 1 is 0.933 bits per heavy atom. The largest absolute Gasteiger partial charge is 0.403 e. The van der Waals surface area contributed by atoms with Crippen molar-refractivity contribution >= 4 is 8.48 Å². The van der Waals surface area contributed by atoms with Crippen LogP contribution in [0.5, 0.6) is 0 Å². The van der Waals surface area contributed by atoms with Gasteiger partial charge in [-0.2, -0.15) is 0 Å². The van der Waals surface area contributed by atoms with Crippen LogP contribution < -0.4 is 0 Å². The van der Waals surface area contributed by atoms with Crippen molar-refractivity contribution < 1.29 is 4.43 Å². The van der Waals surface area contributed by atoms with Crippen LogP contribution in [0.15, 0.2) is 0 Å². The van der Waals surface area contributed by atoms with Gasteiger partial charge in [0.1, 0.15) is 0 Å². The molecule has 0 fully saturated rings. The lowest BCUT2D eigenvalue weighted by Crippen LogP contribution is -2.60. The quantitative estimate of drug-likeness (QED) is 0.621. The molecule has 0 aromatic carbocycles. The minimum atomic E-state index is -1.67. The van der Waals surface area contributed by atoms with Crippen molar-refractivity contribution in [3.63, 3.8) is 0 Å². The fourth-order valence-electron chi connectivity index (χ4n) is 2.70. The van der Waals surface area contributed by atoms with Gasteiger partial charge in [0.15, 0.2) is 0 Å². The van der Waals surface area contributed by atoms with Crippen LogP contribution in [0.4, 0.5) is 0 Å². The summed E-state index contributed by atoms with van der Waals surface area (Å²) >= 11 is 0. The van der Waals surface area contributed by atoms with Crippen LogP contribution in [0.2, 0.25) is 12.1 Å². The van der Waals surface area contributed by atoms with Gasteiger partial charge in [-0.05, 0) is 31.1 Å². The summed E-state index contributed by atoms with van der Waals surface area (Å²) < 4.78 is 8.81. The molecule has 15 heavy (non-hydrogen) atoms. The second kappa shape index (κ2) is 6.66. The molecule has 0 saturated carbocycles. The first kappa shape index (κ1) is 15.1. The van der Waals surface area contributed by atoms with Crippen molar-refractivity contribution in [3.8, 4) is 0 Å². The summed E-state index contributed by atoms with van der Waals surface area (Å²) in [5, 5.41) is 0. The van der Waals surface area contributed by atoms with E-state index in [1.165, 1.54) is 12.1 Å². The van der Waals surface area contributed by atoms with E-state index in [2.05, 4.69) is 53.0 Å². The second-order valence-corrected chi connectivity index (χ2v) is 8.79. The Hall–Kier alpha value is 0.137. The van der Waals surface area contributed by atoms with E-state index in [0.717, 1.165) is 6.61 Å². The van der Waals surface area contributed by atoms with Gasteiger partial charge in [0, 0.05) is 6.61 Å². The zero-order chi connectivity index (χ0) is 12.1. The van der Waals surface area contributed by atoms with Gasteiger partial charge in [-0.15, -0.1) is 0 Å². The second-order valence-electron chi connectivity index (χ2n) is 4.68. The first-order valence-electron chi connectivity index (χ1n) is 6.37.